The van der Waals surface area contributed by atoms with Crippen molar-refractivity contribution in [3.05, 3.63) is 0 Å². The molecule has 0 spiro atoms. The van der Waals surface area contributed by atoms with Gasteiger partial charge in [0.1, 0.15) is 0 Å². The Labute approximate surface area is 103 Å². The Balaban J connectivity index is 1.84. The Morgan fingerprint density at radius 3 is 3.00 bits per heavy atom. The molecule has 4 heteroatoms. The number of ether oxygens (including phenoxy) is 1. The SMILES string of the molecule is CC1(C)CN(CC2COCCC2O)CCS1. The maximum atomic E-state index is 9.92. The highest BCUT2D eigenvalue weighted by molar-refractivity contribution is 8.00. The third-order valence-corrected chi connectivity index (χ3v) is 4.73. The molecule has 2 rings (SSSR count). The van der Waals surface area contributed by atoms with Gasteiger partial charge in [-0.15, -0.1) is 0 Å². The summed E-state index contributed by atoms with van der Waals surface area (Å²) in [4.78, 5) is 2.49. The highest BCUT2D eigenvalue weighted by atomic mass is 32.2. The van der Waals surface area contributed by atoms with Gasteiger partial charge in [0.2, 0.25) is 0 Å². The van der Waals surface area contributed by atoms with E-state index in [0.717, 1.165) is 39.3 Å². The normalized spacial score (nSPS) is 36.2. The molecular weight excluding hydrogens is 222 g/mol. The molecule has 0 saturated carbocycles. The molecule has 2 heterocycles. The summed E-state index contributed by atoms with van der Waals surface area (Å²) in [5.41, 5.74) is 0. The van der Waals surface area contributed by atoms with Gasteiger partial charge in [0, 0.05) is 42.7 Å². The van der Waals surface area contributed by atoms with Crippen LogP contribution in [-0.2, 0) is 4.74 Å². The summed E-state index contributed by atoms with van der Waals surface area (Å²) in [6.07, 6.45) is 0.642. The molecule has 0 bridgehead atoms. The van der Waals surface area contributed by atoms with Gasteiger partial charge in [-0.3, -0.25) is 0 Å². The van der Waals surface area contributed by atoms with Crippen molar-refractivity contribution in [2.75, 3.05) is 38.6 Å². The largest absolute Gasteiger partial charge is 0.393 e. The van der Waals surface area contributed by atoms with Crippen LogP contribution in [0.15, 0.2) is 0 Å². The lowest BCUT2D eigenvalue weighted by Crippen LogP contribution is -2.48. The van der Waals surface area contributed by atoms with E-state index in [1.54, 1.807) is 0 Å². The third kappa shape index (κ3) is 3.36. The number of hydrogen-bond acceptors (Lipinski definition) is 4. The molecule has 0 aromatic rings. The summed E-state index contributed by atoms with van der Waals surface area (Å²) >= 11 is 2.05. The summed E-state index contributed by atoms with van der Waals surface area (Å²) < 4.78 is 5.81. The standard InChI is InChI=1S/C12H23NO2S/c1-12(2)9-13(4-6-16-12)7-10-8-15-5-3-11(10)14/h10-11,14H,3-9H2,1-2H3. The van der Waals surface area contributed by atoms with Crippen LogP contribution in [0.3, 0.4) is 0 Å². The first-order valence-corrected chi connectivity index (χ1v) is 7.17. The van der Waals surface area contributed by atoms with Crippen LogP contribution >= 0.6 is 11.8 Å². The van der Waals surface area contributed by atoms with Crippen LogP contribution in [0.5, 0.6) is 0 Å². The number of thioether (sulfide) groups is 1. The van der Waals surface area contributed by atoms with Gasteiger partial charge in [-0.2, -0.15) is 11.8 Å². The second kappa shape index (κ2) is 5.25. The minimum Gasteiger partial charge on any atom is -0.393 e. The highest BCUT2D eigenvalue weighted by Gasteiger charge is 2.31. The number of aliphatic hydroxyl groups excluding tert-OH is 1. The molecular formula is C12H23NO2S. The van der Waals surface area contributed by atoms with Crippen LogP contribution in [0, 0.1) is 5.92 Å². The smallest absolute Gasteiger partial charge is 0.0624 e. The van der Waals surface area contributed by atoms with Crippen molar-refractivity contribution in [3.63, 3.8) is 0 Å². The Bertz CT molecular complexity index is 235. The summed E-state index contributed by atoms with van der Waals surface area (Å²) in [6.45, 7) is 9.32. The molecule has 2 atom stereocenters. The van der Waals surface area contributed by atoms with Gasteiger partial charge in [0.15, 0.2) is 0 Å². The Morgan fingerprint density at radius 1 is 1.50 bits per heavy atom. The van der Waals surface area contributed by atoms with Crippen molar-refractivity contribution < 1.29 is 9.84 Å². The predicted molar refractivity (Wildman–Crippen MR) is 67.9 cm³/mol. The van der Waals surface area contributed by atoms with Crippen molar-refractivity contribution >= 4 is 11.8 Å². The lowest BCUT2D eigenvalue weighted by Gasteiger charge is -2.40. The van der Waals surface area contributed by atoms with E-state index in [0.29, 0.717) is 10.7 Å². The van der Waals surface area contributed by atoms with E-state index >= 15 is 0 Å². The lowest BCUT2D eigenvalue weighted by atomic mass is 9.97. The molecule has 94 valence electrons. The van der Waals surface area contributed by atoms with Crippen molar-refractivity contribution in [1.29, 1.82) is 0 Å². The fourth-order valence-corrected chi connectivity index (χ4v) is 3.74. The van der Waals surface area contributed by atoms with Gasteiger partial charge in [-0.25, -0.2) is 0 Å². The number of nitrogens with zero attached hydrogens (tertiary/aromatic N) is 1. The van der Waals surface area contributed by atoms with E-state index in [9.17, 15) is 5.11 Å². The average Bonchev–Trinajstić information content (AvgIpc) is 2.20. The monoisotopic (exact) mass is 245 g/mol. The molecule has 0 aromatic heterocycles. The summed E-state index contributed by atoms with van der Waals surface area (Å²) in [5.74, 6) is 1.52. The van der Waals surface area contributed by atoms with Crippen LogP contribution in [0.4, 0.5) is 0 Å². The first-order valence-electron chi connectivity index (χ1n) is 6.19. The minimum atomic E-state index is -0.161. The molecule has 1 N–H and O–H groups in total. The zero-order chi connectivity index (χ0) is 11.6. The molecule has 0 aromatic carbocycles. The number of hydrogen-bond donors (Lipinski definition) is 1. The molecule has 16 heavy (non-hydrogen) atoms. The van der Waals surface area contributed by atoms with Crippen LogP contribution < -0.4 is 0 Å². The maximum absolute atomic E-state index is 9.92. The highest BCUT2D eigenvalue weighted by Crippen LogP contribution is 2.30. The van der Waals surface area contributed by atoms with Gasteiger partial charge in [-0.1, -0.05) is 0 Å². The third-order valence-electron chi connectivity index (χ3n) is 3.43. The zero-order valence-corrected chi connectivity index (χ0v) is 11.1. The van der Waals surface area contributed by atoms with Crippen molar-refractivity contribution in [2.45, 2.75) is 31.1 Å². The zero-order valence-electron chi connectivity index (χ0n) is 10.3. The van der Waals surface area contributed by atoms with E-state index in [2.05, 4.69) is 30.5 Å². The molecule has 2 aliphatic heterocycles. The second-order valence-electron chi connectivity index (χ2n) is 5.53. The molecule has 3 nitrogen and oxygen atoms in total. The van der Waals surface area contributed by atoms with Crippen molar-refractivity contribution in [3.8, 4) is 0 Å². The predicted octanol–water partition coefficient (Wildman–Crippen LogP) is 1.21. The van der Waals surface area contributed by atoms with E-state index in [1.165, 1.54) is 5.75 Å². The molecule has 2 saturated heterocycles. The number of aliphatic hydroxyl groups is 1. The summed E-state index contributed by atoms with van der Waals surface area (Å²) in [5, 5.41) is 9.92. The average molecular weight is 245 g/mol. The molecule has 0 aliphatic carbocycles. The quantitative estimate of drug-likeness (QED) is 0.793. The first-order chi connectivity index (χ1) is 7.57. The van der Waals surface area contributed by atoms with E-state index in [-0.39, 0.29) is 6.10 Å². The summed E-state index contributed by atoms with van der Waals surface area (Å²) in [7, 11) is 0. The molecule has 2 unspecified atom stereocenters. The van der Waals surface area contributed by atoms with Gasteiger partial charge in [0.25, 0.3) is 0 Å². The van der Waals surface area contributed by atoms with E-state index in [1.807, 2.05) is 0 Å². The van der Waals surface area contributed by atoms with Gasteiger partial charge in [-0.05, 0) is 20.3 Å². The lowest BCUT2D eigenvalue weighted by molar-refractivity contribution is -0.0468. The molecule has 2 aliphatic rings. The molecule has 0 radical (unpaired) electrons. The fourth-order valence-electron chi connectivity index (χ4n) is 2.56. The van der Waals surface area contributed by atoms with Crippen LogP contribution in [0.25, 0.3) is 0 Å². The van der Waals surface area contributed by atoms with Gasteiger partial charge < -0.3 is 14.7 Å². The maximum Gasteiger partial charge on any atom is 0.0624 e. The fraction of sp³-hybridized carbons (Fsp3) is 1.00. The van der Waals surface area contributed by atoms with Gasteiger partial charge >= 0.3 is 0 Å². The Hall–Kier alpha value is 0.230. The van der Waals surface area contributed by atoms with Crippen molar-refractivity contribution in [2.24, 2.45) is 5.92 Å². The Morgan fingerprint density at radius 2 is 2.31 bits per heavy atom. The first kappa shape index (κ1) is 12.7. The van der Waals surface area contributed by atoms with Crippen LogP contribution in [0.1, 0.15) is 20.3 Å². The minimum absolute atomic E-state index is 0.161. The number of rotatable bonds is 2. The van der Waals surface area contributed by atoms with Crippen LogP contribution in [0.2, 0.25) is 0 Å². The summed E-state index contributed by atoms with van der Waals surface area (Å²) in [6, 6.07) is 0. The van der Waals surface area contributed by atoms with Crippen molar-refractivity contribution in [1.82, 2.24) is 4.90 Å². The van der Waals surface area contributed by atoms with E-state index < -0.39 is 0 Å². The van der Waals surface area contributed by atoms with Crippen LogP contribution in [-0.4, -0.2) is 59.5 Å². The molecule has 2 fully saturated rings. The topological polar surface area (TPSA) is 32.7 Å². The molecule has 0 amide bonds. The van der Waals surface area contributed by atoms with E-state index in [4.69, 9.17) is 4.74 Å². The second-order valence-corrected chi connectivity index (χ2v) is 7.34. The Kier molecular flexibility index (Phi) is 4.16. The van der Waals surface area contributed by atoms with Gasteiger partial charge in [0.05, 0.1) is 12.7 Å².